The SMILES string of the molecule is Cc1ccc(-c2nc(C)sc2CC(=O)OCc2ccccc2C#N)cc1. The zero-order chi connectivity index (χ0) is 18.5. The Labute approximate surface area is 156 Å². The number of carbonyl (C=O) groups is 1. The molecule has 0 aliphatic heterocycles. The highest BCUT2D eigenvalue weighted by atomic mass is 32.1. The third kappa shape index (κ3) is 4.16. The number of ether oxygens (including phenoxy) is 1. The van der Waals surface area contributed by atoms with Crippen molar-refractivity contribution < 1.29 is 9.53 Å². The molecule has 130 valence electrons. The maximum atomic E-state index is 12.3. The van der Waals surface area contributed by atoms with Crippen LogP contribution in [0.4, 0.5) is 0 Å². The first-order chi connectivity index (χ1) is 12.6. The Morgan fingerprint density at radius 1 is 1.15 bits per heavy atom. The van der Waals surface area contributed by atoms with E-state index in [9.17, 15) is 4.79 Å². The van der Waals surface area contributed by atoms with Gasteiger partial charge in [-0.25, -0.2) is 4.98 Å². The van der Waals surface area contributed by atoms with Crippen molar-refractivity contribution >= 4 is 17.3 Å². The van der Waals surface area contributed by atoms with E-state index >= 15 is 0 Å². The van der Waals surface area contributed by atoms with E-state index in [1.807, 2.05) is 44.2 Å². The fraction of sp³-hybridized carbons (Fsp3) is 0.190. The predicted octanol–water partition coefficient (Wildman–Crippen LogP) is 4.58. The number of nitrogens with zero attached hydrogens (tertiary/aromatic N) is 2. The lowest BCUT2D eigenvalue weighted by Gasteiger charge is -2.07. The topological polar surface area (TPSA) is 63.0 Å². The summed E-state index contributed by atoms with van der Waals surface area (Å²) in [5.74, 6) is -0.324. The molecule has 1 aromatic heterocycles. The smallest absolute Gasteiger partial charge is 0.311 e. The summed E-state index contributed by atoms with van der Waals surface area (Å²) in [6, 6.07) is 17.3. The van der Waals surface area contributed by atoms with Crippen LogP contribution in [-0.2, 0) is 22.6 Å². The van der Waals surface area contributed by atoms with Gasteiger partial charge >= 0.3 is 5.97 Å². The normalized spacial score (nSPS) is 10.3. The number of esters is 1. The van der Waals surface area contributed by atoms with Crippen molar-refractivity contribution in [2.45, 2.75) is 26.9 Å². The Morgan fingerprint density at radius 2 is 1.88 bits per heavy atom. The first-order valence-electron chi connectivity index (χ1n) is 8.24. The van der Waals surface area contributed by atoms with Crippen molar-refractivity contribution in [3.05, 3.63) is 75.1 Å². The summed E-state index contributed by atoms with van der Waals surface area (Å²) in [4.78, 5) is 17.8. The van der Waals surface area contributed by atoms with Gasteiger partial charge in [-0.15, -0.1) is 11.3 Å². The van der Waals surface area contributed by atoms with Gasteiger partial charge in [-0.3, -0.25) is 4.79 Å². The van der Waals surface area contributed by atoms with E-state index in [2.05, 4.69) is 11.1 Å². The van der Waals surface area contributed by atoms with Gasteiger partial charge in [-0.1, -0.05) is 48.0 Å². The largest absolute Gasteiger partial charge is 0.460 e. The fourth-order valence-corrected chi connectivity index (χ4v) is 3.57. The monoisotopic (exact) mass is 362 g/mol. The molecule has 0 aliphatic rings. The van der Waals surface area contributed by atoms with Gasteiger partial charge in [0.25, 0.3) is 0 Å². The van der Waals surface area contributed by atoms with Crippen LogP contribution < -0.4 is 0 Å². The second kappa shape index (κ2) is 7.94. The second-order valence-corrected chi connectivity index (χ2v) is 7.26. The van der Waals surface area contributed by atoms with Crippen LogP contribution in [0.15, 0.2) is 48.5 Å². The molecule has 0 atom stereocenters. The predicted molar refractivity (Wildman–Crippen MR) is 102 cm³/mol. The Morgan fingerprint density at radius 3 is 2.62 bits per heavy atom. The molecular formula is C21H18N2O2S. The summed E-state index contributed by atoms with van der Waals surface area (Å²) in [7, 11) is 0. The molecule has 2 aromatic carbocycles. The van der Waals surface area contributed by atoms with Crippen molar-refractivity contribution in [1.82, 2.24) is 4.98 Å². The summed E-state index contributed by atoms with van der Waals surface area (Å²) in [5, 5.41) is 10.0. The molecule has 0 radical (unpaired) electrons. The summed E-state index contributed by atoms with van der Waals surface area (Å²) >= 11 is 1.51. The van der Waals surface area contributed by atoms with Crippen LogP contribution in [0.1, 0.15) is 26.6 Å². The van der Waals surface area contributed by atoms with E-state index in [-0.39, 0.29) is 19.0 Å². The van der Waals surface area contributed by atoms with Crippen LogP contribution in [-0.4, -0.2) is 11.0 Å². The van der Waals surface area contributed by atoms with Gasteiger partial charge in [-0.2, -0.15) is 5.26 Å². The molecule has 4 nitrogen and oxygen atoms in total. The van der Waals surface area contributed by atoms with Gasteiger partial charge in [0.05, 0.1) is 28.8 Å². The molecule has 3 aromatic rings. The lowest BCUT2D eigenvalue weighted by atomic mass is 10.1. The highest BCUT2D eigenvalue weighted by molar-refractivity contribution is 7.12. The summed E-state index contributed by atoms with van der Waals surface area (Å²) in [6.45, 7) is 4.06. The molecule has 0 fully saturated rings. The van der Waals surface area contributed by atoms with Gasteiger partial charge in [0.2, 0.25) is 0 Å². The Kier molecular flexibility index (Phi) is 5.45. The molecule has 0 bridgehead atoms. The number of carbonyl (C=O) groups excluding carboxylic acids is 1. The molecule has 0 amide bonds. The zero-order valence-electron chi connectivity index (χ0n) is 14.7. The van der Waals surface area contributed by atoms with Crippen LogP contribution in [0.5, 0.6) is 0 Å². The molecular weight excluding hydrogens is 344 g/mol. The first kappa shape index (κ1) is 17.8. The minimum atomic E-state index is -0.324. The Balaban J connectivity index is 1.72. The van der Waals surface area contributed by atoms with Gasteiger partial charge in [-0.05, 0) is 19.9 Å². The van der Waals surface area contributed by atoms with Gasteiger partial charge in [0.1, 0.15) is 6.61 Å². The summed E-state index contributed by atoms with van der Waals surface area (Å²) < 4.78 is 5.38. The molecule has 0 saturated heterocycles. The minimum absolute atomic E-state index is 0.0974. The molecule has 5 heteroatoms. The van der Waals surface area contributed by atoms with E-state index in [1.165, 1.54) is 16.9 Å². The quantitative estimate of drug-likeness (QED) is 0.623. The van der Waals surface area contributed by atoms with E-state index < -0.39 is 0 Å². The molecule has 3 rings (SSSR count). The van der Waals surface area contributed by atoms with Crippen molar-refractivity contribution in [2.24, 2.45) is 0 Å². The molecule has 0 unspecified atom stereocenters. The van der Waals surface area contributed by atoms with Crippen molar-refractivity contribution in [3.63, 3.8) is 0 Å². The van der Waals surface area contributed by atoms with Crippen LogP contribution in [0.2, 0.25) is 0 Å². The molecule has 0 aliphatic carbocycles. The standard InChI is InChI=1S/C21H18N2O2S/c1-14-7-9-16(10-8-14)21-19(26-15(2)23-21)11-20(24)25-13-18-6-4-3-5-17(18)12-22/h3-10H,11,13H2,1-2H3. The molecule has 1 heterocycles. The minimum Gasteiger partial charge on any atom is -0.460 e. The highest BCUT2D eigenvalue weighted by Crippen LogP contribution is 2.29. The van der Waals surface area contributed by atoms with Crippen molar-refractivity contribution in [2.75, 3.05) is 0 Å². The lowest BCUT2D eigenvalue weighted by Crippen LogP contribution is -2.08. The summed E-state index contributed by atoms with van der Waals surface area (Å²) in [6.07, 6.45) is 0.170. The number of aromatic nitrogens is 1. The van der Waals surface area contributed by atoms with E-state index in [4.69, 9.17) is 10.00 Å². The number of rotatable bonds is 5. The average Bonchev–Trinajstić information content (AvgIpc) is 3.01. The van der Waals surface area contributed by atoms with Gasteiger partial charge in [0, 0.05) is 16.0 Å². The maximum absolute atomic E-state index is 12.3. The van der Waals surface area contributed by atoms with Gasteiger partial charge < -0.3 is 4.74 Å². The molecule has 0 spiro atoms. The lowest BCUT2D eigenvalue weighted by molar-refractivity contribution is -0.144. The van der Waals surface area contributed by atoms with Crippen LogP contribution in [0.25, 0.3) is 11.3 Å². The fourth-order valence-electron chi connectivity index (χ4n) is 2.62. The number of hydrogen-bond acceptors (Lipinski definition) is 5. The number of hydrogen-bond donors (Lipinski definition) is 0. The van der Waals surface area contributed by atoms with E-state index in [1.54, 1.807) is 18.2 Å². The molecule has 26 heavy (non-hydrogen) atoms. The van der Waals surface area contributed by atoms with E-state index in [0.717, 1.165) is 21.1 Å². The van der Waals surface area contributed by atoms with E-state index in [0.29, 0.717) is 11.1 Å². The van der Waals surface area contributed by atoms with Crippen LogP contribution in [0, 0.1) is 25.2 Å². The van der Waals surface area contributed by atoms with Crippen LogP contribution in [0.3, 0.4) is 0 Å². The Hall–Kier alpha value is -2.97. The Bertz CT molecular complexity index is 968. The number of benzene rings is 2. The van der Waals surface area contributed by atoms with Crippen molar-refractivity contribution in [1.29, 1.82) is 5.26 Å². The second-order valence-electron chi connectivity index (χ2n) is 5.98. The maximum Gasteiger partial charge on any atom is 0.311 e. The zero-order valence-corrected chi connectivity index (χ0v) is 15.5. The van der Waals surface area contributed by atoms with Crippen molar-refractivity contribution in [3.8, 4) is 17.3 Å². The third-order valence-corrected chi connectivity index (χ3v) is 4.93. The van der Waals surface area contributed by atoms with Gasteiger partial charge in [0.15, 0.2) is 0 Å². The summed E-state index contributed by atoms with van der Waals surface area (Å²) in [5.41, 5.74) is 4.24. The molecule has 0 saturated carbocycles. The first-order valence-corrected chi connectivity index (χ1v) is 9.05. The molecule has 0 N–H and O–H groups in total. The average molecular weight is 362 g/mol. The number of nitriles is 1. The van der Waals surface area contributed by atoms with Crippen LogP contribution >= 0.6 is 11.3 Å². The number of thiazole rings is 1. The third-order valence-electron chi connectivity index (χ3n) is 3.96. The highest BCUT2D eigenvalue weighted by Gasteiger charge is 2.16. The number of aryl methyl sites for hydroxylation is 2.